The first-order valence-electron chi connectivity index (χ1n) is 6.90. The molecule has 1 aromatic carbocycles. The Morgan fingerprint density at radius 1 is 1.16 bits per heavy atom. The maximum Gasteiger partial charge on any atom is 0.244 e. The van der Waals surface area contributed by atoms with Gasteiger partial charge in [-0.15, -0.1) is 12.4 Å². The van der Waals surface area contributed by atoms with Gasteiger partial charge in [0, 0.05) is 5.69 Å². The molecule has 3 rings (SSSR count). The lowest BCUT2D eigenvalue weighted by Gasteiger charge is -2.36. The summed E-state index contributed by atoms with van der Waals surface area (Å²) in [7, 11) is 0. The lowest BCUT2D eigenvalue weighted by atomic mass is 9.77. The molecule has 0 spiro atoms. The van der Waals surface area contributed by atoms with Crippen LogP contribution in [0.4, 0.5) is 5.69 Å². The van der Waals surface area contributed by atoms with E-state index in [1.54, 1.807) is 0 Å². The summed E-state index contributed by atoms with van der Waals surface area (Å²) < 4.78 is 0. The maximum atomic E-state index is 12.2. The highest BCUT2D eigenvalue weighted by molar-refractivity contribution is 5.99. The molecule has 0 aliphatic heterocycles. The molecule has 0 saturated heterocycles. The van der Waals surface area contributed by atoms with Gasteiger partial charge in [0.15, 0.2) is 0 Å². The average Bonchev–Trinajstić information content (AvgIpc) is 2.36. The van der Waals surface area contributed by atoms with Crippen molar-refractivity contribution in [3.63, 3.8) is 0 Å². The van der Waals surface area contributed by atoms with Gasteiger partial charge in [-0.1, -0.05) is 12.1 Å². The smallest absolute Gasteiger partial charge is 0.244 e. The fraction of sp³-hybridized carbons (Fsp3) is 0.533. The molecule has 0 aromatic heterocycles. The second-order valence-electron chi connectivity index (χ2n) is 5.61. The van der Waals surface area contributed by atoms with Gasteiger partial charge in [-0.3, -0.25) is 4.79 Å². The lowest BCUT2D eigenvalue weighted by Crippen LogP contribution is -2.56. The molecule has 4 heteroatoms. The normalized spacial score (nSPS) is 19.6. The number of aryl methyl sites for hydroxylation is 1. The highest BCUT2D eigenvalue weighted by atomic mass is 35.5. The van der Waals surface area contributed by atoms with Crippen molar-refractivity contribution in [2.75, 3.05) is 5.32 Å². The first kappa shape index (κ1) is 14.4. The lowest BCUT2D eigenvalue weighted by molar-refractivity contribution is -0.123. The number of nitrogens with two attached hydrogens (primary N) is 1. The van der Waals surface area contributed by atoms with Crippen LogP contribution in [-0.4, -0.2) is 11.4 Å². The molecular weight excluding hydrogens is 260 g/mol. The van der Waals surface area contributed by atoms with E-state index in [4.69, 9.17) is 5.73 Å². The highest BCUT2D eigenvalue weighted by Gasteiger charge is 2.40. The van der Waals surface area contributed by atoms with Crippen LogP contribution in [-0.2, 0) is 17.6 Å². The van der Waals surface area contributed by atoms with E-state index in [2.05, 4.69) is 11.4 Å². The zero-order chi connectivity index (χ0) is 12.6. The summed E-state index contributed by atoms with van der Waals surface area (Å²) in [5.41, 5.74) is 9.13. The number of benzene rings is 1. The SMILES string of the molecule is Cl.NC1(C(=O)Nc2cccc3c2CCCC3)CCC1. The van der Waals surface area contributed by atoms with Gasteiger partial charge in [0.05, 0.1) is 5.54 Å². The number of hydrogen-bond acceptors (Lipinski definition) is 2. The van der Waals surface area contributed by atoms with Gasteiger partial charge < -0.3 is 11.1 Å². The fourth-order valence-electron chi connectivity index (χ4n) is 2.93. The Morgan fingerprint density at radius 3 is 2.58 bits per heavy atom. The summed E-state index contributed by atoms with van der Waals surface area (Å²) in [6.45, 7) is 0. The van der Waals surface area contributed by atoms with Crippen molar-refractivity contribution >= 4 is 24.0 Å². The predicted molar refractivity (Wildman–Crippen MR) is 79.7 cm³/mol. The molecule has 1 fully saturated rings. The molecule has 104 valence electrons. The Morgan fingerprint density at radius 2 is 1.89 bits per heavy atom. The second-order valence-corrected chi connectivity index (χ2v) is 5.61. The highest BCUT2D eigenvalue weighted by Crippen LogP contribution is 2.32. The van der Waals surface area contributed by atoms with Crippen molar-refractivity contribution in [2.45, 2.75) is 50.5 Å². The van der Waals surface area contributed by atoms with Crippen molar-refractivity contribution in [3.05, 3.63) is 29.3 Å². The Kier molecular flexibility index (Phi) is 4.16. The average molecular weight is 281 g/mol. The third-order valence-electron chi connectivity index (χ3n) is 4.34. The van der Waals surface area contributed by atoms with E-state index >= 15 is 0 Å². The predicted octanol–water partition coefficient (Wildman–Crippen LogP) is 2.81. The number of hydrogen-bond donors (Lipinski definition) is 2. The van der Waals surface area contributed by atoms with Crippen molar-refractivity contribution < 1.29 is 4.79 Å². The molecular formula is C15H21ClN2O. The van der Waals surface area contributed by atoms with Crippen LogP contribution < -0.4 is 11.1 Å². The van der Waals surface area contributed by atoms with Crippen molar-refractivity contribution in [3.8, 4) is 0 Å². The first-order chi connectivity index (χ1) is 8.69. The molecule has 3 nitrogen and oxygen atoms in total. The minimum Gasteiger partial charge on any atom is -0.324 e. The van der Waals surface area contributed by atoms with Gasteiger partial charge in [0.25, 0.3) is 0 Å². The van der Waals surface area contributed by atoms with E-state index in [1.807, 2.05) is 12.1 Å². The molecule has 2 aliphatic carbocycles. The van der Waals surface area contributed by atoms with Gasteiger partial charge >= 0.3 is 0 Å². The molecule has 0 unspecified atom stereocenters. The fourth-order valence-corrected chi connectivity index (χ4v) is 2.93. The van der Waals surface area contributed by atoms with Gasteiger partial charge in [-0.25, -0.2) is 0 Å². The van der Waals surface area contributed by atoms with E-state index < -0.39 is 5.54 Å². The number of rotatable bonds is 2. The van der Waals surface area contributed by atoms with Crippen LogP contribution in [0.2, 0.25) is 0 Å². The second kappa shape index (κ2) is 5.51. The quantitative estimate of drug-likeness (QED) is 0.875. The third-order valence-corrected chi connectivity index (χ3v) is 4.34. The summed E-state index contributed by atoms with van der Waals surface area (Å²) in [4.78, 5) is 12.2. The number of nitrogens with one attached hydrogen (secondary N) is 1. The van der Waals surface area contributed by atoms with Crippen LogP contribution in [0.1, 0.15) is 43.2 Å². The molecule has 0 atom stereocenters. The van der Waals surface area contributed by atoms with E-state index in [9.17, 15) is 4.79 Å². The molecule has 1 amide bonds. The van der Waals surface area contributed by atoms with Crippen molar-refractivity contribution in [1.29, 1.82) is 0 Å². The molecule has 0 heterocycles. The number of anilines is 1. The third kappa shape index (κ3) is 2.63. The van der Waals surface area contributed by atoms with Gasteiger partial charge in [0.1, 0.15) is 0 Å². The largest absolute Gasteiger partial charge is 0.324 e. The van der Waals surface area contributed by atoms with Crippen LogP contribution >= 0.6 is 12.4 Å². The van der Waals surface area contributed by atoms with Crippen LogP contribution in [0.15, 0.2) is 18.2 Å². The maximum absolute atomic E-state index is 12.2. The minimum absolute atomic E-state index is 0. The zero-order valence-corrected chi connectivity index (χ0v) is 11.9. The molecule has 0 radical (unpaired) electrons. The number of carbonyl (C=O) groups excluding carboxylic acids is 1. The van der Waals surface area contributed by atoms with Crippen LogP contribution in [0.3, 0.4) is 0 Å². The molecule has 0 bridgehead atoms. The zero-order valence-electron chi connectivity index (χ0n) is 11.1. The van der Waals surface area contributed by atoms with E-state index in [-0.39, 0.29) is 18.3 Å². The molecule has 3 N–H and O–H groups in total. The van der Waals surface area contributed by atoms with Gasteiger partial charge in [0.2, 0.25) is 5.91 Å². The van der Waals surface area contributed by atoms with E-state index in [0.717, 1.165) is 37.8 Å². The summed E-state index contributed by atoms with van der Waals surface area (Å²) in [6.07, 6.45) is 7.37. The summed E-state index contributed by atoms with van der Waals surface area (Å²) in [6, 6.07) is 6.21. The molecule has 19 heavy (non-hydrogen) atoms. The molecule has 1 saturated carbocycles. The van der Waals surface area contributed by atoms with E-state index in [1.165, 1.54) is 24.0 Å². The topological polar surface area (TPSA) is 55.1 Å². The summed E-state index contributed by atoms with van der Waals surface area (Å²) in [5, 5.41) is 3.05. The number of fused-ring (bicyclic) bond motifs is 1. The number of amides is 1. The monoisotopic (exact) mass is 280 g/mol. The Labute approximate surface area is 120 Å². The Hall–Kier alpha value is -1.06. The standard InChI is InChI=1S/C15H20N2O.ClH/c16-15(9-4-10-15)14(18)17-13-8-3-6-11-5-1-2-7-12(11)13;/h3,6,8H,1-2,4-5,7,9-10,16H2,(H,17,18);1H. The number of halogens is 1. The van der Waals surface area contributed by atoms with Crippen LogP contribution in [0.5, 0.6) is 0 Å². The van der Waals surface area contributed by atoms with Crippen LogP contribution in [0.25, 0.3) is 0 Å². The van der Waals surface area contributed by atoms with Crippen molar-refractivity contribution in [2.24, 2.45) is 5.73 Å². The minimum atomic E-state index is -0.614. The molecule has 1 aromatic rings. The van der Waals surface area contributed by atoms with Crippen LogP contribution in [0, 0.1) is 0 Å². The Bertz CT molecular complexity index is 483. The first-order valence-corrected chi connectivity index (χ1v) is 6.90. The molecule has 2 aliphatic rings. The van der Waals surface area contributed by atoms with Gasteiger partial charge in [-0.05, 0) is 62.1 Å². The summed E-state index contributed by atoms with van der Waals surface area (Å²) in [5.74, 6) is -0.00674. The number of carbonyl (C=O) groups is 1. The summed E-state index contributed by atoms with van der Waals surface area (Å²) >= 11 is 0. The Balaban J connectivity index is 0.00000133. The van der Waals surface area contributed by atoms with Gasteiger partial charge in [-0.2, -0.15) is 0 Å². The van der Waals surface area contributed by atoms with E-state index in [0.29, 0.717) is 0 Å². The van der Waals surface area contributed by atoms with Crippen molar-refractivity contribution in [1.82, 2.24) is 0 Å².